The molecule has 0 saturated heterocycles. The first-order chi connectivity index (χ1) is 12.5. The van der Waals surface area contributed by atoms with Crippen molar-refractivity contribution in [3.05, 3.63) is 0 Å². The highest BCUT2D eigenvalue weighted by Crippen LogP contribution is 2.60. The van der Waals surface area contributed by atoms with Gasteiger partial charge in [-0.2, -0.15) is 0 Å². The zero-order valence-electron chi connectivity index (χ0n) is 15.9. The Morgan fingerprint density at radius 3 is 2.31 bits per heavy atom. The number of aliphatic hydroxyl groups excluding tert-OH is 1. The van der Waals surface area contributed by atoms with Crippen LogP contribution >= 0.6 is 0 Å². The van der Waals surface area contributed by atoms with E-state index < -0.39 is 11.4 Å². The molecule has 0 aliphatic heterocycles. The molecule has 26 heavy (non-hydrogen) atoms. The highest BCUT2D eigenvalue weighted by atomic mass is 16.6. The Morgan fingerprint density at radius 2 is 1.69 bits per heavy atom. The molecule has 2 atom stereocenters. The van der Waals surface area contributed by atoms with E-state index in [4.69, 9.17) is 9.47 Å². The lowest BCUT2D eigenvalue weighted by molar-refractivity contribution is -0.191. The van der Waals surface area contributed by atoms with Crippen molar-refractivity contribution in [1.29, 1.82) is 0 Å². The summed E-state index contributed by atoms with van der Waals surface area (Å²) in [5.41, 5.74) is -0.824. The van der Waals surface area contributed by atoms with Gasteiger partial charge in [-0.3, -0.25) is 4.79 Å². The molecule has 0 amide bonds. The molecule has 2 unspecified atom stereocenters. The number of hydrogen-bond acceptors (Lipinski definition) is 5. The Labute approximate surface area is 155 Å². The molecule has 0 spiro atoms. The zero-order valence-corrected chi connectivity index (χ0v) is 15.9. The van der Waals surface area contributed by atoms with E-state index in [2.05, 4.69) is 6.92 Å². The minimum absolute atomic E-state index is 0.228. The third-order valence-electron chi connectivity index (χ3n) is 7.72. The fourth-order valence-corrected chi connectivity index (χ4v) is 6.52. The van der Waals surface area contributed by atoms with Crippen LogP contribution in [0, 0.1) is 23.2 Å². The molecule has 5 heteroatoms. The third kappa shape index (κ3) is 3.17. The van der Waals surface area contributed by atoms with Crippen LogP contribution in [-0.2, 0) is 19.1 Å². The molecule has 146 valence electrons. The average Bonchev–Trinajstić information content (AvgIpc) is 2.64. The fourth-order valence-electron chi connectivity index (χ4n) is 6.52. The van der Waals surface area contributed by atoms with Crippen molar-refractivity contribution in [2.75, 3.05) is 6.61 Å². The SMILES string of the molecule is CCC1(OC(=O)COC(=O)C23CC4CC(C2)C(O)C(C4)C3)CCCCC1. The van der Waals surface area contributed by atoms with Crippen molar-refractivity contribution in [1.82, 2.24) is 0 Å². The van der Waals surface area contributed by atoms with E-state index in [1.807, 2.05) is 0 Å². The summed E-state index contributed by atoms with van der Waals surface area (Å²) in [6, 6.07) is 0. The number of carbonyl (C=O) groups excluding carboxylic acids is 2. The second kappa shape index (κ2) is 6.81. The van der Waals surface area contributed by atoms with E-state index in [1.165, 1.54) is 6.42 Å². The molecular weight excluding hydrogens is 332 g/mol. The van der Waals surface area contributed by atoms with Crippen LogP contribution in [0.2, 0.25) is 0 Å². The van der Waals surface area contributed by atoms with Crippen molar-refractivity contribution >= 4 is 11.9 Å². The first kappa shape index (κ1) is 18.3. The molecule has 5 saturated carbocycles. The largest absolute Gasteiger partial charge is 0.457 e. The van der Waals surface area contributed by atoms with E-state index in [1.54, 1.807) is 0 Å². The van der Waals surface area contributed by atoms with Gasteiger partial charge in [0.25, 0.3) is 0 Å². The summed E-state index contributed by atoms with van der Waals surface area (Å²) in [5.74, 6) is 0.334. The van der Waals surface area contributed by atoms with Crippen LogP contribution in [0.3, 0.4) is 0 Å². The maximum absolute atomic E-state index is 12.8. The Bertz CT molecular complexity index is 549. The van der Waals surface area contributed by atoms with Crippen LogP contribution in [-0.4, -0.2) is 35.4 Å². The van der Waals surface area contributed by atoms with Gasteiger partial charge in [0.05, 0.1) is 11.5 Å². The Balaban J connectivity index is 1.33. The highest BCUT2D eigenvalue weighted by Gasteiger charge is 2.59. The molecule has 5 aliphatic rings. The van der Waals surface area contributed by atoms with Gasteiger partial charge in [0.15, 0.2) is 6.61 Å². The summed E-state index contributed by atoms with van der Waals surface area (Å²) in [6.07, 6.45) is 10.1. The summed E-state index contributed by atoms with van der Waals surface area (Å²) in [7, 11) is 0. The molecule has 0 radical (unpaired) electrons. The van der Waals surface area contributed by atoms with Crippen LogP contribution in [0.15, 0.2) is 0 Å². The first-order valence-corrected chi connectivity index (χ1v) is 10.5. The lowest BCUT2D eigenvalue weighted by Gasteiger charge is -2.57. The molecule has 1 N–H and O–H groups in total. The lowest BCUT2D eigenvalue weighted by Crippen LogP contribution is -2.56. The second-order valence-corrected chi connectivity index (χ2v) is 9.39. The molecule has 5 fully saturated rings. The topological polar surface area (TPSA) is 72.8 Å². The molecular formula is C21H32O5. The molecule has 5 aliphatic carbocycles. The van der Waals surface area contributed by atoms with Crippen molar-refractivity contribution < 1.29 is 24.2 Å². The van der Waals surface area contributed by atoms with E-state index in [0.29, 0.717) is 18.8 Å². The summed E-state index contributed by atoms with van der Waals surface area (Å²) < 4.78 is 11.2. The predicted molar refractivity (Wildman–Crippen MR) is 95.2 cm³/mol. The average molecular weight is 364 g/mol. The summed E-state index contributed by atoms with van der Waals surface area (Å²) in [6.45, 7) is 1.79. The molecule has 0 aromatic heterocycles. The van der Waals surface area contributed by atoms with Crippen LogP contribution in [0.25, 0.3) is 0 Å². The maximum Gasteiger partial charge on any atom is 0.344 e. The third-order valence-corrected chi connectivity index (χ3v) is 7.72. The predicted octanol–water partition coefficient (Wildman–Crippen LogP) is 3.37. The van der Waals surface area contributed by atoms with E-state index in [-0.39, 0.29) is 36.1 Å². The Morgan fingerprint density at radius 1 is 1.04 bits per heavy atom. The standard InChI is InChI=1S/C21H32O5/c1-2-21(6-4-3-5-7-21)26-17(22)13-25-19(24)20-10-14-8-15(11-20)18(23)16(9-14)12-20/h14-16,18,23H,2-13H2,1H3. The van der Waals surface area contributed by atoms with Crippen molar-refractivity contribution in [2.24, 2.45) is 23.2 Å². The lowest BCUT2D eigenvalue weighted by atomic mass is 9.48. The quantitative estimate of drug-likeness (QED) is 0.757. The number of aliphatic hydroxyl groups is 1. The molecule has 5 nitrogen and oxygen atoms in total. The number of rotatable bonds is 5. The monoisotopic (exact) mass is 364 g/mol. The minimum Gasteiger partial charge on any atom is -0.457 e. The van der Waals surface area contributed by atoms with Gasteiger partial charge < -0.3 is 14.6 Å². The Hall–Kier alpha value is -1.10. The van der Waals surface area contributed by atoms with Gasteiger partial charge in [0.2, 0.25) is 0 Å². The van der Waals surface area contributed by atoms with Crippen LogP contribution < -0.4 is 0 Å². The molecule has 0 aromatic rings. The zero-order chi connectivity index (χ0) is 18.4. The number of ether oxygens (including phenoxy) is 2. The summed E-state index contributed by atoms with van der Waals surface area (Å²) in [4.78, 5) is 25.2. The van der Waals surface area contributed by atoms with Crippen LogP contribution in [0.1, 0.15) is 77.6 Å². The second-order valence-electron chi connectivity index (χ2n) is 9.39. The van der Waals surface area contributed by atoms with Crippen LogP contribution in [0.5, 0.6) is 0 Å². The molecule has 0 heterocycles. The van der Waals surface area contributed by atoms with Crippen molar-refractivity contribution in [2.45, 2.75) is 89.3 Å². The van der Waals surface area contributed by atoms with Crippen LogP contribution in [0.4, 0.5) is 0 Å². The van der Waals surface area contributed by atoms with E-state index >= 15 is 0 Å². The number of esters is 2. The van der Waals surface area contributed by atoms with Gasteiger partial charge in [-0.1, -0.05) is 13.3 Å². The summed E-state index contributed by atoms with van der Waals surface area (Å²) >= 11 is 0. The van der Waals surface area contributed by atoms with E-state index in [0.717, 1.165) is 51.4 Å². The molecule has 4 bridgehead atoms. The van der Waals surface area contributed by atoms with Gasteiger partial charge in [0, 0.05) is 0 Å². The van der Waals surface area contributed by atoms with E-state index in [9.17, 15) is 14.7 Å². The Kier molecular flexibility index (Phi) is 4.79. The molecule has 5 rings (SSSR count). The van der Waals surface area contributed by atoms with Crippen molar-refractivity contribution in [3.8, 4) is 0 Å². The minimum atomic E-state index is -0.469. The maximum atomic E-state index is 12.8. The number of hydrogen-bond donors (Lipinski definition) is 1. The van der Waals surface area contributed by atoms with Gasteiger partial charge in [-0.25, -0.2) is 4.79 Å². The fraction of sp³-hybridized carbons (Fsp3) is 0.905. The van der Waals surface area contributed by atoms with Gasteiger partial charge in [-0.05, 0) is 82.0 Å². The first-order valence-electron chi connectivity index (χ1n) is 10.5. The van der Waals surface area contributed by atoms with Gasteiger partial charge in [-0.15, -0.1) is 0 Å². The normalized spacial score (nSPS) is 40.2. The highest BCUT2D eigenvalue weighted by molar-refractivity contribution is 5.81. The van der Waals surface area contributed by atoms with Crippen molar-refractivity contribution in [3.63, 3.8) is 0 Å². The smallest absolute Gasteiger partial charge is 0.344 e. The number of carbonyl (C=O) groups is 2. The molecule has 0 aromatic carbocycles. The summed E-state index contributed by atoms with van der Waals surface area (Å²) in [5, 5.41) is 10.4. The van der Waals surface area contributed by atoms with Gasteiger partial charge in [0.1, 0.15) is 5.60 Å². The van der Waals surface area contributed by atoms with Gasteiger partial charge >= 0.3 is 11.9 Å².